The Morgan fingerprint density at radius 3 is 2.52 bits per heavy atom. The van der Waals surface area contributed by atoms with Gasteiger partial charge in [0.15, 0.2) is 23.1 Å². The third-order valence-electron chi connectivity index (χ3n) is 3.60. The molecule has 0 fully saturated rings. The van der Waals surface area contributed by atoms with Crippen molar-refractivity contribution in [3.63, 3.8) is 0 Å². The van der Waals surface area contributed by atoms with E-state index in [4.69, 9.17) is 9.47 Å². The van der Waals surface area contributed by atoms with Gasteiger partial charge in [-0.15, -0.1) is 0 Å². The molecule has 120 valence electrons. The Hall–Kier alpha value is -2.63. The summed E-state index contributed by atoms with van der Waals surface area (Å²) in [7, 11) is 0. The minimum Gasteiger partial charge on any atom is -0.486 e. The van der Waals surface area contributed by atoms with Crippen LogP contribution in [0.2, 0.25) is 0 Å². The molecule has 1 atom stereocenters. The van der Waals surface area contributed by atoms with Crippen molar-refractivity contribution in [1.29, 1.82) is 0 Å². The molecular formula is C17H15F2NO3. The van der Waals surface area contributed by atoms with E-state index in [9.17, 15) is 13.6 Å². The second kappa shape index (κ2) is 6.24. The van der Waals surface area contributed by atoms with Gasteiger partial charge in [-0.2, -0.15) is 0 Å². The van der Waals surface area contributed by atoms with Gasteiger partial charge in [-0.3, -0.25) is 4.79 Å². The second-order valence-electron chi connectivity index (χ2n) is 5.23. The Kier molecular flexibility index (Phi) is 4.14. The van der Waals surface area contributed by atoms with E-state index in [0.29, 0.717) is 35.8 Å². The van der Waals surface area contributed by atoms with Gasteiger partial charge in [-0.05, 0) is 42.8 Å². The van der Waals surface area contributed by atoms with Gasteiger partial charge in [-0.1, -0.05) is 6.07 Å². The predicted molar refractivity (Wildman–Crippen MR) is 79.7 cm³/mol. The summed E-state index contributed by atoms with van der Waals surface area (Å²) < 4.78 is 37.1. The van der Waals surface area contributed by atoms with Crippen molar-refractivity contribution in [2.45, 2.75) is 13.0 Å². The monoisotopic (exact) mass is 319 g/mol. The zero-order chi connectivity index (χ0) is 16.4. The number of amides is 1. The number of rotatable bonds is 3. The van der Waals surface area contributed by atoms with E-state index in [2.05, 4.69) is 5.32 Å². The van der Waals surface area contributed by atoms with Gasteiger partial charge in [0.25, 0.3) is 5.91 Å². The highest BCUT2D eigenvalue weighted by atomic mass is 19.2. The van der Waals surface area contributed by atoms with Crippen LogP contribution in [0.1, 0.15) is 28.9 Å². The summed E-state index contributed by atoms with van der Waals surface area (Å²) >= 11 is 0. The molecule has 1 N–H and O–H groups in total. The maximum Gasteiger partial charge on any atom is 0.251 e. The molecule has 0 aliphatic carbocycles. The fourth-order valence-electron chi connectivity index (χ4n) is 2.33. The molecule has 1 aliphatic heterocycles. The van der Waals surface area contributed by atoms with Crippen LogP contribution >= 0.6 is 0 Å². The number of carbonyl (C=O) groups excluding carboxylic acids is 1. The van der Waals surface area contributed by atoms with Gasteiger partial charge in [0.05, 0.1) is 6.04 Å². The highest BCUT2D eigenvalue weighted by Crippen LogP contribution is 2.30. The lowest BCUT2D eigenvalue weighted by atomic mass is 10.1. The number of benzene rings is 2. The van der Waals surface area contributed by atoms with E-state index in [1.54, 1.807) is 25.1 Å². The predicted octanol–water partition coefficient (Wildman–Crippen LogP) is 3.23. The van der Waals surface area contributed by atoms with Crippen molar-refractivity contribution < 1.29 is 23.0 Å². The Labute approximate surface area is 132 Å². The number of fused-ring (bicyclic) bond motifs is 1. The standard InChI is InChI=1S/C17H15F2NO3/c1-10(11-2-4-13(18)14(19)8-11)20-17(21)12-3-5-15-16(9-12)23-7-6-22-15/h2-5,8-10H,6-7H2,1H3,(H,20,21). The fourth-order valence-corrected chi connectivity index (χ4v) is 2.33. The molecule has 23 heavy (non-hydrogen) atoms. The first kappa shape index (κ1) is 15.3. The van der Waals surface area contributed by atoms with Gasteiger partial charge >= 0.3 is 0 Å². The topological polar surface area (TPSA) is 47.6 Å². The average Bonchev–Trinajstić information content (AvgIpc) is 2.56. The molecule has 0 aromatic heterocycles. The smallest absolute Gasteiger partial charge is 0.251 e. The summed E-state index contributed by atoms with van der Waals surface area (Å²) in [6.45, 7) is 2.61. The molecule has 2 aromatic rings. The molecule has 0 saturated carbocycles. The largest absolute Gasteiger partial charge is 0.486 e. The summed E-state index contributed by atoms with van der Waals surface area (Å²) in [5.41, 5.74) is 0.887. The Bertz CT molecular complexity index is 749. The minimum absolute atomic E-state index is 0.334. The number of hydrogen-bond acceptors (Lipinski definition) is 3. The van der Waals surface area contributed by atoms with Gasteiger partial charge < -0.3 is 14.8 Å². The first-order chi connectivity index (χ1) is 11.0. The number of nitrogens with one attached hydrogen (secondary N) is 1. The normalized spacial score (nSPS) is 14.2. The lowest BCUT2D eigenvalue weighted by Crippen LogP contribution is -2.27. The van der Waals surface area contributed by atoms with Crippen LogP contribution in [0.3, 0.4) is 0 Å². The van der Waals surface area contributed by atoms with Crippen molar-refractivity contribution in [2.24, 2.45) is 0 Å². The first-order valence-corrected chi connectivity index (χ1v) is 7.20. The van der Waals surface area contributed by atoms with E-state index >= 15 is 0 Å². The molecule has 1 aliphatic rings. The van der Waals surface area contributed by atoms with Gasteiger partial charge in [0.1, 0.15) is 13.2 Å². The van der Waals surface area contributed by atoms with Gasteiger partial charge in [0, 0.05) is 5.56 Å². The van der Waals surface area contributed by atoms with Crippen molar-refractivity contribution in [2.75, 3.05) is 13.2 Å². The van der Waals surface area contributed by atoms with Crippen LogP contribution in [0.25, 0.3) is 0 Å². The van der Waals surface area contributed by atoms with E-state index in [1.807, 2.05) is 0 Å². The summed E-state index contributed by atoms with van der Waals surface area (Å²) in [5.74, 6) is -1.08. The molecule has 1 amide bonds. The maximum atomic E-state index is 13.3. The van der Waals surface area contributed by atoms with E-state index in [0.717, 1.165) is 12.1 Å². The number of ether oxygens (including phenoxy) is 2. The molecule has 3 rings (SSSR count). The van der Waals surface area contributed by atoms with Crippen LogP contribution in [-0.2, 0) is 0 Å². The molecular weight excluding hydrogens is 304 g/mol. The Morgan fingerprint density at radius 2 is 1.78 bits per heavy atom. The van der Waals surface area contributed by atoms with E-state index < -0.39 is 17.7 Å². The zero-order valence-corrected chi connectivity index (χ0v) is 12.4. The fraction of sp³-hybridized carbons (Fsp3) is 0.235. The third kappa shape index (κ3) is 3.26. The minimum atomic E-state index is -0.942. The molecule has 6 heteroatoms. The molecule has 0 spiro atoms. The molecule has 1 unspecified atom stereocenters. The summed E-state index contributed by atoms with van der Waals surface area (Å²) in [6, 6.07) is 7.98. The highest BCUT2D eigenvalue weighted by molar-refractivity contribution is 5.95. The molecule has 4 nitrogen and oxygen atoms in total. The SMILES string of the molecule is CC(NC(=O)c1ccc2c(c1)OCCO2)c1ccc(F)c(F)c1. The lowest BCUT2D eigenvalue weighted by molar-refractivity contribution is 0.0938. The van der Waals surface area contributed by atoms with Crippen LogP contribution < -0.4 is 14.8 Å². The van der Waals surface area contributed by atoms with Crippen molar-refractivity contribution in [3.05, 3.63) is 59.2 Å². The third-order valence-corrected chi connectivity index (χ3v) is 3.60. The average molecular weight is 319 g/mol. The van der Waals surface area contributed by atoms with Crippen molar-refractivity contribution in [1.82, 2.24) is 5.32 Å². The second-order valence-corrected chi connectivity index (χ2v) is 5.23. The van der Waals surface area contributed by atoms with Crippen LogP contribution in [0.5, 0.6) is 11.5 Å². The summed E-state index contributed by atoms with van der Waals surface area (Å²) in [6.07, 6.45) is 0. The van der Waals surface area contributed by atoms with Crippen LogP contribution in [0.15, 0.2) is 36.4 Å². The Balaban J connectivity index is 1.74. The highest BCUT2D eigenvalue weighted by Gasteiger charge is 2.17. The molecule has 1 heterocycles. The lowest BCUT2D eigenvalue weighted by Gasteiger charge is -2.19. The summed E-state index contributed by atoms with van der Waals surface area (Å²) in [5, 5.41) is 2.74. The van der Waals surface area contributed by atoms with Crippen LogP contribution in [0.4, 0.5) is 8.78 Å². The first-order valence-electron chi connectivity index (χ1n) is 7.20. The van der Waals surface area contributed by atoms with Crippen molar-refractivity contribution >= 4 is 5.91 Å². The van der Waals surface area contributed by atoms with E-state index in [1.165, 1.54) is 6.07 Å². The molecule has 0 radical (unpaired) electrons. The number of carbonyl (C=O) groups is 1. The zero-order valence-electron chi connectivity index (χ0n) is 12.4. The number of halogens is 2. The van der Waals surface area contributed by atoms with Crippen LogP contribution in [0, 0.1) is 11.6 Å². The van der Waals surface area contributed by atoms with Crippen molar-refractivity contribution in [3.8, 4) is 11.5 Å². The van der Waals surface area contributed by atoms with E-state index in [-0.39, 0.29) is 5.91 Å². The number of hydrogen-bond donors (Lipinski definition) is 1. The molecule has 0 bridgehead atoms. The van der Waals surface area contributed by atoms with Gasteiger partial charge in [0.2, 0.25) is 0 Å². The van der Waals surface area contributed by atoms with Crippen LogP contribution in [-0.4, -0.2) is 19.1 Å². The molecule has 2 aromatic carbocycles. The Morgan fingerprint density at radius 1 is 1.04 bits per heavy atom. The molecule has 0 saturated heterocycles. The maximum absolute atomic E-state index is 13.3. The quantitative estimate of drug-likeness (QED) is 0.945. The summed E-state index contributed by atoms with van der Waals surface area (Å²) in [4.78, 5) is 12.3. The van der Waals surface area contributed by atoms with Gasteiger partial charge in [-0.25, -0.2) is 8.78 Å².